The molecule has 6 rings (SSSR count). The molecule has 2 aliphatic rings. The molecule has 2 aliphatic heterocycles. The van der Waals surface area contributed by atoms with Crippen LogP contribution in [0.1, 0.15) is 34.3 Å². The zero-order valence-corrected chi connectivity index (χ0v) is 23.0. The lowest BCUT2D eigenvalue weighted by atomic mass is 10.0. The Bertz CT molecular complexity index is 1580. The summed E-state index contributed by atoms with van der Waals surface area (Å²) < 4.78 is 5.42. The van der Waals surface area contributed by atoms with E-state index in [1.54, 1.807) is 30.7 Å². The summed E-state index contributed by atoms with van der Waals surface area (Å²) >= 11 is 6.46. The van der Waals surface area contributed by atoms with E-state index in [1.807, 2.05) is 36.4 Å². The fraction of sp³-hybridized carbons (Fsp3) is 0.267. The number of amides is 2. The van der Waals surface area contributed by atoms with Gasteiger partial charge in [0.1, 0.15) is 6.54 Å². The van der Waals surface area contributed by atoms with E-state index in [4.69, 9.17) is 16.3 Å². The molecule has 2 amide bonds. The van der Waals surface area contributed by atoms with E-state index in [2.05, 4.69) is 30.6 Å². The van der Waals surface area contributed by atoms with Crippen LogP contribution >= 0.6 is 11.6 Å². The van der Waals surface area contributed by atoms with Crippen molar-refractivity contribution in [2.75, 3.05) is 25.1 Å². The van der Waals surface area contributed by atoms with Gasteiger partial charge in [-0.15, -0.1) is 0 Å². The molecule has 208 valence electrons. The zero-order chi connectivity index (χ0) is 28.2. The summed E-state index contributed by atoms with van der Waals surface area (Å²) in [5.74, 6) is 0.667. The molecule has 2 aromatic carbocycles. The second-order valence-corrected chi connectivity index (χ2v) is 10.4. The van der Waals surface area contributed by atoms with E-state index >= 15 is 0 Å². The Kier molecular flexibility index (Phi) is 7.84. The Morgan fingerprint density at radius 1 is 1.02 bits per heavy atom. The van der Waals surface area contributed by atoms with Crippen LogP contribution in [-0.4, -0.2) is 62.5 Å². The quantitative estimate of drug-likeness (QED) is 0.325. The van der Waals surface area contributed by atoms with Crippen molar-refractivity contribution < 1.29 is 14.3 Å². The number of carbonyl (C=O) groups is 2. The van der Waals surface area contributed by atoms with E-state index in [-0.39, 0.29) is 24.4 Å². The highest BCUT2D eigenvalue weighted by molar-refractivity contribution is 6.33. The predicted octanol–water partition coefficient (Wildman–Crippen LogP) is 4.12. The van der Waals surface area contributed by atoms with E-state index in [0.717, 1.165) is 29.5 Å². The minimum Gasteiger partial charge on any atom is -0.381 e. The van der Waals surface area contributed by atoms with Crippen LogP contribution in [0.2, 0.25) is 5.02 Å². The summed E-state index contributed by atoms with van der Waals surface area (Å²) in [6, 6.07) is 15.3. The fourth-order valence-electron chi connectivity index (χ4n) is 5.00. The van der Waals surface area contributed by atoms with Crippen molar-refractivity contribution in [1.29, 1.82) is 0 Å². The van der Waals surface area contributed by atoms with Crippen LogP contribution in [0.25, 0.3) is 22.6 Å². The van der Waals surface area contributed by atoms with Crippen LogP contribution < -0.4 is 10.6 Å². The average molecular weight is 570 g/mol. The van der Waals surface area contributed by atoms with E-state index < -0.39 is 0 Å². The molecule has 0 spiro atoms. The Hall–Kier alpha value is -4.41. The Labute approximate surface area is 242 Å². The fourth-order valence-corrected chi connectivity index (χ4v) is 5.20. The molecule has 1 saturated heterocycles. The second kappa shape index (κ2) is 12.0. The third kappa shape index (κ3) is 6.18. The van der Waals surface area contributed by atoms with Crippen LogP contribution in [0.5, 0.6) is 0 Å². The van der Waals surface area contributed by atoms with Gasteiger partial charge in [-0.25, -0.2) is 19.9 Å². The molecule has 4 heterocycles. The van der Waals surface area contributed by atoms with Crippen LogP contribution in [-0.2, 0) is 22.6 Å². The smallest absolute Gasteiger partial charge is 0.254 e. The summed E-state index contributed by atoms with van der Waals surface area (Å²) in [6.45, 7) is 2.05. The van der Waals surface area contributed by atoms with E-state index in [9.17, 15) is 9.59 Å². The van der Waals surface area contributed by atoms with Crippen LogP contribution in [0.4, 0.5) is 5.95 Å². The van der Waals surface area contributed by atoms with Crippen molar-refractivity contribution in [1.82, 2.24) is 30.2 Å². The number of hydrogen-bond donors (Lipinski definition) is 2. The topological polar surface area (TPSA) is 122 Å². The number of anilines is 1. The number of fused-ring (bicyclic) bond motifs is 1. The van der Waals surface area contributed by atoms with Gasteiger partial charge in [-0.3, -0.25) is 9.59 Å². The molecule has 0 unspecified atom stereocenters. The third-order valence-electron chi connectivity index (χ3n) is 7.14. The van der Waals surface area contributed by atoms with Crippen LogP contribution in [0, 0.1) is 0 Å². The number of rotatable bonds is 8. The van der Waals surface area contributed by atoms with Crippen molar-refractivity contribution in [2.24, 2.45) is 0 Å². The molecule has 2 aromatic heterocycles. The highest BCUT2D eigenvalue weighted by Crippen LogP contribution is 2.31. The molecule has 0 radical (unpaired) electrons. The molecule has 11 heteroatoms. The number of benzene rings is 2. The third-order valence-corrected chi connectivity index (χ3v) is 7.41. The van der Waals surface area contributed by atoms with Crippen LogP contribution in [0.15, 0.2) is 67.1 Å². The first kappa shape index (κ1) is 26.8. The lowest BCUT2D eigenvalue weighted by Crippen LogP contribution is -2.37. The molecule has 0 atom stereocenters. The Morgan fingerprint density at radius 3 is 2.68 bits per heavy atom. The SMILES string of the molecule is O=C(CN1Cc2ccc(-c3nc(NC4CCOCC4)ncc3Cl)cc2C1=O)NCc1cccc(-c2ncccn2)c1. The monoisotopic (exact) mass is 569 g/mol. The molecule has 1 fully saturated rings. The molecule has 4 aromatic rings. The molecular weight excluding hydrogens is 542 g/mol. The number of carbonyl (C=O) groups excluding carboxylic acids is 2. The van der Waals surface area contributed by atoms with E-state index in [0.29, 0.717) is 59.9 Å². The van der Waals surface area contributed by atoms with E-state index in [1.165, 1.54) is 4.90 Å². The summed E-state index contributed by atoms with van der Waals surface area (Å²) in [7, 11) is 0. The van der Waals surface area contributed by atoms with Gasteiger partial charge in [0.25, 0.3) is 5.91 Å². The summed E-state index contributed by atoms with van der Waals surface area (Å²) in [4.78, 5) is 45.1. The Morgan fingerprint density at radius 2 is 1.85 bits per heavy atom. The minimum atomic E-state index is -0.240. The number of hydrogen-bond acceptors (Lipinski definition) is 8. The first-order chi connectivity index (χ1) is 20.0. The van der Waals surface area contributed by atoms with Crippen LogP contribution in [0.3, 0.4) is 0 Å². The molecular formula is C30H28ClN7O3. The van der Waals surface area contributed by atoms with Gasteiger partial charge >= 0.3 is 0 Å². The van der Waals surface area contributed by atoms with Crippen molar-refractivity contribution in [3.05, 3.63) is 88.8 Å². The zero-order valence-electron chi connectivity index (χ0n) is 22.2. The largest absolute Gasteiger partial charge is 0.381 e. The van der Waals surface area contributed by atoms with Gasteiger partial charge in [0.05, 0.1) is 16.9 Å². The summed E-state index contributed by atoms with van der Waals surface area (Å²) in [5, 5.41) is 6.67. The van der Waals surface area contributed by atoms with Gasteiger partial charge < -0.3 is 20.3 Å². The molecule has 2 N–H and O–H groups in total. The number of aromatic nitrogens is 4. The highest BCUT2D eigenvalue weighted by atomic mass is 35.5. The summed E-state index contributed by atoms with van der Waals surface area (Å²) in [5.41, 5.74) is 4.44. The average Bonchev–Trinajstić information content (AvgIpc) is 3.32. The van der Waals surface area contributed by atoms with Crippen molar-refractivity contribution >= 4 is 29.4 Å². The molecule has 41 heavy (non-hydrogen) atoms. The van der Waals surface area contributed by atoms with Crippen molar-refractivity contribution in [3.63, 3.8) is 0 Å². The number of ether oxygens (including phenoxy) is 1. The number of nitrogens with zero attached hydrogens (tertiary/aromatic N) is 5. The minimum absolute atomic E-state index is 0.0439. The predicted molar refractivity (Wildman–Crippen MR) is 154 cm³/mol. The van der Waals surface area contributed by atoms with Gasteiger partial charge in [0.15, 0.2) is 5.82 Å². The van der Waals surface area contributed by atoms with Gasteiger partial charge in [0, 0.05) is 61.4 Å². The molecule has 10 nitrogen and oxygen atoms in total. The lowest BCUT2D eigenvalue weighted by Gasteiger charge is -2.23. The maximum atomic E-state index is 13.2. The van der Waals surface area contributed by atoms with Gasteiger partial charge in [-0.2, -0.15) is 0 Å². The van der Waals surface area contributed by atoms with Crippen molar-refractivity contribution in [3.8, 4) is 22.6 Å². The second-order valence-electron chi connectivity index (χ2n) is 10.0. The van der Waals surface area contributed by atoms with Gasteiger partial charge in [-0.1, -0.05) is 41.9 Å². The maximum absolute atomic E-state index is 13.2. The van der Waals surface area contributed by atoms with Gasteiger partial charge in [-0.05, 0) is 42.2 Å². The molecule has 0 saturated carbocycles. The maximum Gasteiger partial charge on any atom is 0.254 e. The molecule has 0 bridgehead atoms. The summed E-state index contributed by atoms with van der Waals surface area (Å²) in [6.07, 6.45) is 6.71. The number of halogens is 1. The normalized spacial score (nSPS) is 15.0. The standard InChI is InChI=1S/C30H28ClN7O3/c31-25-16-35-30(36-23-7-11-41-12-8-23)37-27(25)20-5-6-22-17-38(29(40)24(22)14-20)18-26(39)34-15-19-3-1-4-21(13-19)28-32-9-2-10-33-28/h1-6,9-10,13-14,16,23H,7-8,11-12,15,17-18H2,(H,34,39)(H,35,36,37). The van der Waals surface area contributed by atoms with Crippen molar-refractivity contribution in [2.45, 2.75) is 32.0 Å². The van der Waals surface area contributed by atoms with Gasteiger partial charge in [0.2, 0.25) is 11.9 Å². The first-order valence-corrected chi connectivity index (χ1v) is 13.8. The highest BCUT2D eigenvalue weighted by Gasteiger charge is 2.29. The number of nitrogens with one attached hydrogen (secondary N) is 2. The first-order valence-electron chi connectivity index (χ1n) is 13.5. The Balaban J connectivity index is 1.09. The lowest BCUT2D eigenvalue weighted by molar-refractivity contribution is -0.122. The molecule has 0 aliphatic carbocycles.